The fourth-order valence-electron chi connectivity index (χ4n) is 3.97. The van der Waals surface area contributed by atoms with Crippen LogP contribution >= 0.6 is 0 Å². The molecular weight excluding hydrogens is 414 g/mol. The molecule has 2 aromatic carbocycles. The fourth-order valence-corrected chi connectivity index (χ4v) is 3.97. The standard InChI is InChI=1S/C27H39N3O3/c1-7-21(15-26(31)32)22-10-13-25(30(16-18(2)3)17-19(4)5)24(14-22)29-27(33)28-23-11-8-20(6)9-12-23/h8-14,18-19,21H,7,15-17H2,1-6H3,(H,31,32)(H2,28,29,33)/t21-/m0/s1. The molecule has 6 nitrogen and oxygen atoms in total. The molecule has 180 valence electrons. The van der Waals surface area contributed by atoms with Crippen molar-refractivity contribution >= 4 is 29.1 Å². The molecule has 33 heavy (non-hydrogen) atoms. The van der Waals surface area contributed by atoms with Crippen molar-refractivity contribution in [3.8, 4) is 0 Å². The van der Waals surface area contributed by atoms with Crippen molar-refractivity contribution in [3.63, 3.8) is 0 Å². The molecule has 0 aliphatic heterocycles. The Morgan fingerprint density at radius 1 is 0.939 bits per heavy atom. The Morgan fingerprint density at radius 3 is 2.06 bits per heavy atom. The minimum absolute atomic E-state index is 0.0621. The number of aliphatic carboxylic acids is 1. The van der Waals surface area contributed by atoms with Crippen LogP contribution in [-0.2, 0) is 4.79 Å². The Labute approximate surface area is 198 Å². The third-order valence-corrected chi connectivity index (χ3v) is 5.48. The first-order valence-corrected chi connectivity index (χ1v) is 11.8. The van der Waals surface area contributed by atoms with Crippen molar-refractivity contribution in [1.29, 1.82) is 0 Å². The molecule has 0 unspecified atom stereocenters. The van der Waals surface area contributed by atoms with E-state index in [1.165, 1.54) is 0 Å². The molecule has 0 aliphatic carbocycles. The van der Waals surface area contributed by atoms with Crippen LogP contribution in [0, 0.1) is 18.8 Å². The maximum atomic E-state index is 12.9. The van der Waals surface area contributed by atoms with E-state index >= 15 is 0 Å². The van der Waals surface area contributed by atoms with Gasteiger partial charge in [0.2, 0.25) is 0 Å². The normalized spacial score (nSPS) is 12.0. The van der Waals surface area contributed by atoms with Gasteiger partial charge in [-0.15, -0.1) is 0 Å². The van der Waals surface area contributed by atoms with Gasteiger partial charge in [-0.2, -0.15) is 0 Å². The largest absolute Gasteiger partial charge is 0.481 e. The molecule has 1 atom stereocenters. The van der Waals surface area contributed by atoms with E-state index in [0.717, 1.165) is 29.9 Å². The number of carboxylic acids is 1. The number of aryl methyl sites for hydroxylation is 1. The van der Waals surface area contributed by atoms with E-state index < -0.39 is 5.97 Å². The van der Waals surface area contributed by atoms with Gasteiger partial charge in [0, 0.05) is 18.8 Å². The van der Waals surface area contributed by atoms with E-state index in [-0.39, 0.29) is 18.4 Å². The molecule has 2 rings (SSSR count). The first-order valence-electron chi connectivity index (χ1n) is 11.8. The summed E-state index contributed by atoms with van der Waals surface area (Å²) in [4.78, 5) is 26.5. The molecule has 0 heterocycles. The van der Waals surface area contributed by atoms with Crippen molar-refractivity contribution < 1.29 is 14.7 Å². The van der Waals surface area contributed by atoms with Gasteiger partial charge in [0.25, 0.3) is 0 Å². The van der Waals surface area contributed by atoms with Gasteiger partial charge in [0.15, 0.2) is 0 Å². The Balaban J connectivity index is 2.41. The summed E-state index contributed by atoms with van der Waals surface area (Å²) in [6.07, 6.45) is 0.773. The van der Waals surface area contributed by atoms with E-state index in [2.05, 4.69) is 43.2 Å². The van der Waals surface area contributed by atoms with Gasteiger partial charge in [0.05, 0.1) is 17.8 Å². The average molecular weight is 454 g/mol. The molecule has 0 saturated heterocycles. The maximum Gasteiger partial charge on any atom is 0.323 e. The van der Waals surface area contributed by atoms with E-state index in [4.69, 9.17) is 0 Å². The second-order valence-corrected chi connectivity index (χ2v) is 9.62. The zero-order chi connectivity index (χ0) is 24.5. The Bertz CT molecular complexity index is 913. The van der Waals surface area contributed by atoms with Crippen LogP contribution in [0.3, 0.4) is 0 Å². The highest BCUT2D eigenvalue weighted by atomic mass is 16.4. The predicted molar refractivity (Wildman–Crippen MR) is 137 cm³/mol. The predicted octanol–water partition coefficient (Wildman–Crippen LogP) is 6.73. The van der Waals surface area contributed by atoms with Crippen LogP contribution in [0.15, 0.2) is 42.5 Å². The van der Waals surface area contributed by atoms with Gasteiger partial charge < -0.3 is 20.6 Å². The molecule has 0 spiro atoms. The molecule has 0 bridgehead atoms. The van der Waals surface area contributed by atoms with Crippen LogP contribution < -0.4 is 15.5 Å². The van der Waals surface area contributed by atoms with Crippen LogP contribution in [0.5, 0.6) is 0 Å². The van der Waals surface area contributed by atoms with Crippen LogP contribution in [-0.4, -0.2) is 30.2 Å². The molecule has 0 fully saturated rings. The van der Waals surface area contributed by atoms with Gasteiger partial charge in [-0.1, -0.05) is 58.4 Å². The smallest absolute Gasteiger partial charge is 0.323 e. The van der Waals surface area contributed by atoms with Crippen LogP contribution in [0.2, 0.25) is 0 Å². The zero-order valence-electron chi connectivity index (χ0n) is 20.8. The Kier molecular flexibility index (Phi) is 9.76. The van der Waals surface area contributed by atoms with Crippen molar-refractivity contribution in [1.82, 2.24) is 0 Å². The van der Waals surface area contributed by atoms with Crippen molar-refractivity contribution in [2.45, 2.75) is 60.3 Å². The third kappa shape index (κ3) is 8.44. The van der Waals surface area contributed by atoms with Crippen LogP contribution in [0.1, 0.15) is 64.5 Å². The fraction of sp³-hybridized carbons (Fsp3) is 0.481. The lowest BCUT2D eigenvalue weighted by Gasteiger charge is -2.31. The summed E-state index contributed by atoms with van der Waals surface area (Å²) in [6.45, 7) is 14.4. The minimum Gasteiger partial charge on any atom is -0.481 e. The topological polar surface area (TPSA) is 81.7 Å². The van der Waals surface area contributed by atoms with Gasteiger partial charge >= 0.3 is 12.0 Å². The average Bonchev–Trinajstić information content (AvgIpc) is 2.72. The summed E-state index contributed by atoms with van der Waals surface area (Å²) in [5.74, 6) is -0.0270. The summed E-state index contributed by atoms with van der Waals surface area (Å²) in [6, 6.07) is 13.3. The number of anilines is 3. The van der Waals surface area contributed by atoms with Crippen molar-refractivity contribution in [2.24, 2.45) is 11.8 Å². The number of hydrogen-bond donors (Lipinski definition) is 3. The molecule has 6 heteroatoms. The van der Waals surface area contributed by atoms with Gasteiger partial charge in [-0.05, 0) is 60.9 Å². The molecule has 0 aliphatic rings. The van der Waals surface area contributed by atoms with Crippen molar-refractivity contribution in [3.05, 3.63) is 53.6 Å². The zero-order valence-corrected chi connectivity index (χ0v) is 20.8. The number of carbonyl (C=O) groups excluding carboxylic acids is 1. The molecule has 3 N–H and O–H groups in total. The molecular formula is C27H39N3O3. The number of urea groups is 1. The second kappa shape index (κ2) is 12.3. The highest BCUT2D eigenvalue weighted by molar-refractivity contribution is 6.02. The summed E-state index contributed by atoms with van der Waals surface area (Å²) < 4.78 is 0. The first kappa shape index (κ1) is 26.2. The van der Waals surface area contributed by atoms with Crippen LogP contribution in [0.4, 0.5) is 21.9 Å². The van der Waals surface area contributed by atoms with Gasteiger partial charge in [-0.25, -0.2) is 4.79 Å². The number of hydrogen-bond acceptors (Lipinski definition) is 3. The summed E-state index contributed by atoms with van der Waals surface area (Å²) in [7, 11) is 0. The number of nitrogens with zero attached hydrogens (tertiary/aromatic N) is 1. The Morgan fingerprint density at radius 2 is 1.55 bits per heavy atom. The van der Waals surface area contributed by atoms with Crippen molar-refractivity contribution in [2.75, 3.05) is 28.6 Å². The summed E-state index contributed by atoms with van der Waals surface area (Å²) >= 11 is 0. The third-order valence-electron chi connectivity index (χ3n) is 5.48. The quantitative estimate of drug-likeness (QED) is 0.352. The van der Waals surface area contributed by atoms with Crippen LogP contribution in [0.25, 0.3) is 0 Å². The number of rotatable bonds is 11. The molecule has 2 aromatic rings. The number of carbonyl (C=O) groups is 2. The second-order valence-electron chi connectivity index (χ2n) is 9.62. The number of nitrogens with one attached hydrogen (secondary N) is 2. The highest BCUT2D eigenvalue weighted by Crippen LogP contribution is 2.33. The SMILES string of the molecule is CC[C@@H](CC(=O)O)c1ccc(N(CC(C)C)CC(C)C)c(NC(=O)Nc2ccc(C)cc2)c1. The maximum absolute atomic E-state index is 12.9. The lowest BCUT2D eigenvalue weighted by atomic mass is 9.92. The molecule has 0 radical (unpaired) electrons. The first-order chi connectivity index (χ1) is 15.6. The molecule has 0 aromatic heterocycles. The number of carboxylic acid groups (broad SMARTS) is 1. The number of benzene rings is 2. The molecule has 2 amide bonds. The van der Waals surface area contributed by atoms with Gasteiger partial charge in [-0.3, -0.25) is 4.79 Å². The summed E-state index contributed by atoms with van der Waals surface area (Å²) in [5, 5.41) is 15.3. The molecule has 0 saturated carbocycles. The van der Waals surface area contributed by atoms with E-state index in [1.807, 2.05) is 56.3 Å². The number of amides is 2. The van der Waals surface area contributed by atoms with E-state index in [0.29, 0.717) is 29.6 Å². The summed E-state index contributed by atoms with van der Waals surface area (Å²) in [5.41, 5.74) is 4.41. The minimum atomic E-state index is -0.821. The van der Waals surface area contributed by atoms with E-state index in [9.17, 15) is 14.7 Å². The monoisotopic (exact) mass is 453 g/mol. The van der Waals surface area contributed by atoms with E-state index in [1.54, 1.807) is 0 Å². The lowest BCUT2D eigenvalue weighted by Crippen LogP contribution is -2.32. The van der Waals surface area contributed by atoms with Gasteiger partial charge in [0.1, 0.15) is 0 Å². The highest BCUT2D eigenvalue weighted by Gasteiger charge is 2.20. The Hall–Kier alpha value is -3.02. The lowest BCUT2D eigenvalue weighted by molar-refractivity contribution is -0.137.